The minimum atomic E-state index is -1.20. The molecule has 0 saturated carbocycles. The highest BCUT2D eigenvalue weighted by atomic mass is 32.1. The SMILES string of the molecule is CC(C)(C)OC(=O)N[C@@H](CS)C(O)OCC[Si](C)(C)C. The standard InChI is InChI=1S/C13H29NO4SSi/c1-13(2,3)18-12(16)14-10(9-19)11(15)17-7-8-20(4,5)6/h10-11,15,19H,7-9H2,1-6H3,(H,14,16)/t10-,11?/m0/s1. The van der Waals surface area contributed by atoms with Gasteiger partial charge in [0.25, 0.3) is 0 Å². The van der Waals surface area contributed by atoms with Crippen molar-refractivity contribution in [2.75, 3.05) is 12.4 Å². The maximum atomic E-state index is 11.6. The molecule has 5 nitrogen and oxygen atoms in total. The van der Waals surface area contributed by atoms with Crippen LogP contribution in [-0.2, 0) is 9.47 Å². The fourth-order valence-corrected chi connectivity index (χ4v) is 2.27. The Balaban J connectivity index is 4.21. The topological polar surface area (TPSA) is 67.8 Å². The number of aliphatic hydroxyl groups is 1. The van der Waals surface area contributed by atoms with Gasteiger partial charge in [0, 0.05) is 20.4 Å². The number of carbonyl (C=O) groups is 1. The molecule has 7 heteroatoms. The summed E-state index contributed by atoms with van der Waals surface area (Å²) in [6.45, 7) is 12.5. The monoisotopic (exact) mass is 323 g/mol. The van der Waals surface area contributed by atoms with E-state index in [2.05, 4.69) is 37.6 Å². The Morgan fingerprint density at radius 1 is 1.35 bits per heavy atom. The molecule has 1 amide bonds. The Labute approximate surface area is 128 Å². The van der Waals surface area contributed by atoms with Gasteiger partial charge < -0.3 is 19.9 Å². The van der Waals surface area contributed by atoms with Crippen molar-refractivity contribution in [3.63, 3.8) is 0 Å². The van der Waals surface area contributed by atoms with Gasteiger partial charge in [0.05, 0.1) is 6.04 Å². The average molecular weight is 324 g/mol. The average Bonchev–Trinajstić information content (AvgIpc) is 2.21. The molecular formula is C13H29NO4SSi. The molecule has 120 valence electrons. The third kappa shape index (κ3) is 10.5. The number of carbonyl (C=O) groups excluding carboxylic acids is 1. The zero-order valence-corrected chi connectivity index (χ0v) is 15.3. The van der Waals surface area contributed by atoms with Crippen LogP contribution in [0.1, 0.15) is 20.8 Å². The van der Waals surface area contributed by atoms with Crippen LogP contribution in [0.5, 0.6) is 0 Å². The van der Waals surface area contributed by atoms with Gasteiger partial charge in [-0.3, -0.25) is 0 Å². The zero-order chi connectivity index (χ0) is 16.0. The lowest BCUT2D eigenvalue weighted by atomic mass is 10.2. The molecular weight excluding hydrogens is 294 g/mol. The van der Waals surface area contributed by atoms with Gasteiger partial charge in [-0.05, 0) is 26.8 Å². The number of nitrogens with one attached hydrogen (secondary N) is 1. The summed E-state index contributed by atoms with van der Waals surface area (Å²) in [7, 11) is -1.20. The van der Waals surface area contributed by atoms with E-state index in [1.54, 1.807) is 20.8 Å². The van der Waals surface area contributed by atoms with Gasteiger partial charge in [0.1, 0.15) is 5.60 Å². The van der Waals surface area contributed by atoms with Crippen LogP contribution in [0.4, 0.5) is 4.79 Å². The summed E-state index contributed by atoms with van der Waals surface area (Å²) in [6.07, 6.45) is -1.65. The zero-order valence-electron chi connectivity index (χ0n) is 13.4. The first-order valence-electron chi connectivity index (χ1n) is 6.84. The molecule has 0 aliphatic carbocycles. The van der Waals surface area contributed by atoms with Gasteiger partial charge >= 0.3 is 6.09 Å². The van der Waals surface area contributed by atoms with Crippen LogP contribution < -0.4 is 5.32 Å². The summed E-state index contributed by atoms with van der Waals surface area (Å²) in [6, 6.07) is 0.366. The molecule has 0 aliphatic heterocycles. The van der Waals surface area contributed by atoms with E-state index in [4.69, 9.17) is 9.47 Å². The molecule has 0 heterocycles. The number of hydrogen-bond acceptors (Lipinski definition) is 5. The molecule has 1 unspecified atom stereocenters. The molecule has 0 fully saturated rings. The first-order chi connectivity index (χ1) is 8.94. The normalized spacial score (nSPS) is 15.6. The van der Waals surface area contributed by atoms with Crippen LogP contribution in [0, 0.1) is 0 Å². The Morgan fingerprint density at radius 2 is 1.90 bits per heavy atom. The van der Waals surface area contributed by atoms with E-state index in [-0.39, 0.29) is 5.75 Å². The number of thiol groups is 1. The minimum absolute atomic E-state index is 0.271. The molecule has 0 aromatic heterocycles. The predicted molar refractivity (Wildman–Crippen MR) is 87.1 cm³/mol. The fraction of sp³-hybridized carbons (Fsp3) is 0.923. The highest BCUT2D eigenvalue weighted by Crippen LogP contribution is 2.10. The van der Waals surface area contributed by atoms with Crippen molar-refractivity contribution >= 4 is 26.8 Å². The van der Waals surface area contributed by atoms with E-state index in [0.29, 0.717) is 6.61 Å². The molecule has 0 spiro atoms. The molecule has 0 rings (SSSR count). The Kier molecular flexibility index (Phi) is 8.16. The van der Waals surface area contributed by atoms with Crippen LogP contribution in [0.3, 0.4) is 0 Å². The molecule has 0 aliphatic rings. The number of alkyl carbamates (subject to hydrolysis) is 1. The summed E-state index contributed by atoms with van der Waals surface area (Å²) < 4.78 is 10.5. The molecule has 2 atom stereocenters. The minimum Gasteiger partial charge on any atom is -0.444 e. The van der Waals surface area contributed by atoms with E-state index in [0.717, 1.165) is 6.04 Å². The van der Waals surface area contributed by atoms with E-state index in [1.807, 2.05) is 0 Å². The van der Waals surface area contributed by atoms with Gasteiger partial charge in [0.2, 0.25) is 0 Å². The fourth-order valence-electron chi connectivity index (χ4n) is 1.27. The molecule has 0 saturated heterocycles. The van der Waals surface area contributed by atoms with E-state index in [9.17, 15) is 9.90 Å². The lowest BCUT2D eigenvalue weighted by molar-refractivity contribution is -0.111. The first-order valence-corrected chi connectivity index (χ1v) is 11.2. The summed E-state index contributed by atoms with van der Waals surface area (Å²) in [4.78, 5) is 11.6. The quantitative estimate of drug-likeness (QED) is 0.382. The molecule has 2 N–H and O–H groups in total. The summed E-state index contributed by atoms with van der Waals surface area (Å²) in [5, 5.41) is 12.5. The van der Waals surface area contributed by atoms with Crippen LogP contribution >= 0.6 is 12.6 Å². The van der Waals surface area contributed by atoms with Gasteiger partial charge in [-0.2, -0.15) is 12.6 Å². The van der Waals surface area contributed by atoms with Crippen molar-refractivity contribution in [1.29, 1.82) is 0 Å². The second-order valence-corrected chi connectivity index (χ2v) is 13.0. The summed E-state index contributed by atoms with van der Waals surface area (Å²) in [5.41, 5.74) is -0.575. The molecule has 20 heavy (non-hydrogen) atoms. The largest absolute Gasteiger partial charge is 0.444 e. The van der Waals surface area contributed by atoms with Gasteiger partial charge in [-0.15, -0.1) is 0 Å². The maximum absolute atomic E-state index is 11.6. The maximum Gasteiger partial charge on any atom is 0.408 e. The van der Waals surface area contributed by atoms with Crippen LogP contribution in [0.25, 0.3) is 0 Å². The smallest absolute Gasteiger partial charge is 0.408 e. The van der Waals surface area contributed by atoms with Gasteiger partial charge in [-0.1, -0.05) is 19.6 Å². The van der Waals surface area contributed by atoms with Crippen LogP contribution in [-0.4, -0.2) is 49.6 Å². The van der Waals surface area contributed by atoms with E-state index >= 15 is 0 Å². The third-order valence-electron chi connectivity index (χ3n) is 2.38. The summed E-state index contributed by atoms with van der Waals surface area (Å²) >= 11 is 4.12. The highest BCUT2D eigenvalue weighted by Gasteiger charge is 2.24. The molecule has 0 bridgehead atoms. The Bertz CT molecular complexity index is 302. The molecule has 0 aromatic carbocycles. The van der Waals surface area contributed by atoms with Crippen molar-refractivity contribution in [2.24, 2.45) is 0 Å². The van der Waals surface area contributed by atoms with E-state index in [1.165, 1.54) is 0 Å². The number of hydrogen-bond donors (Lipinski definition) is 3. The van der Waals surface area contributed by atoms with Gasteiger partial charge in [0.15, 0.2) is 6.29 Å². The number of amides is 1. The van der Waals surface area contributed by atoms with E-state index < -0.39 is 32.1 Å². The Hall–Kier alpha value is -0.243. The Morgan fingerprint density at radius 3 is 2.30 bits per heavy atom. The van der Waals surface area contributed by atoms with Crippen molar-refractivity contribution in [3.8, 4) is 0 Å². The number of rotatable bonds is 7. The number of aliphatic hydroxyl groups excluding tert-OH is 1. The number of ether oxygens (including phenoxy) is 2. The summed E-state index contributed by atoms with van der Waals surface area (Å²) in [5.74, 6) is 0.271. The second-order valence-electron chi connectivity index (χ2n) is 7.01. The van der Waals surface area contributed by atoms with Crippen molar-refractivity contribution in [1.82, 2.24) is 5.32 Å². The lowest BCUT2D eigenvalue weighted by Gasteiger charge is -2.26. The lowest BCUT2D eigenvalue weighted by Crippen LogP contribution is -2.47. The third-order valence-corrected chi connectivity index (χ3v) is 4.48. The van der Waals surface area contributed by atoms with Crippen molar-refractivity contribution in [3.05, 3.63) is 0 Å². The second kappa shape index (κ2) is 8.26. The van der Waals surface area contributed by atoms with Gasteiger partial charge in [-0.25, -0.2) is 4.79 Å². The van der Waals surface area contributed by atoms with Crippen molar-refractivity contribution < 1.29 is 19.4 Å². The predicted octanol–water partition coefficient (Wildman–Crippen LogP) is 2.48. The molecule has 0 radical (unpaired) electrons. The molecule has 0 aromatic rings. The first kappa shape index (κ1) is 19.8. The van der Waals surface area contributed by atoms with Crippen LogP contribution in [0.2, 0.25) is 25.7 Å². The van der Waals surface area contributed by atoms with Crippen molar-refractivity contribution in [2.45, 2.75) is 64.4 Å². The van der Waals surface area contributed by atoms with Crippen LogP contribution in [0.15, 0.2) is 0 Å². The highest BCUT2D eigenvalue weighted by molar-refractivity contribution is 7.80.